The summed E-state index contributed by atoms with van der Waals surface area (Å²) in [4.78, 5) is 19.7. The summed E-state index contributed by atoms with van der Waals surface area (Å²) in [5.74, 6) is 1.06. The van der Waals surface area contributed by atoms with Gasteiger partial charge >= 0.3 is 0 Å². The van der Waals surface area contributed by atoms with Gasteiger partial charge in [-0.25, -0.2) is 4.98 Å². The van der Waals surface area contributed by atoms with Crippen molar-refractivity contribution < 1.29 is 0 Å². The number of rotatable bonds is 2. The van der Waals surface area contributed by atoms with Crippen molar-refractivity contribution in [1.29, 1.82) is 0 Å². The van der Waals surface area contributed by atoms with Gasteiger partial charge in [-0.15, -0.1) is 0 Å². The van der Waals surface area contributed by atoms with Crippen molar-refractivity contribution in [3.05, 3.63) is 34.3 Å². The van der Waals surface area contributed by atoms with Crippen LogP contribution in [0.25, 0.3) is 0 Å². The molecule has 2 aromatic heterocycles. The van der Waals surface area contributed by atoms with Crippen LogP contribution in [0, 0.1) is 27.7 Å². The van der Waals surface area contributed by atoms with Crippen LogP contribution in [-0.4, -0.2) is 27.7 Å². The van der Waals surface area contributed by atoms with Crippen LogP contribution in [0.4, 0.5) is 17.5 Å². The van der Waals surface area contributed by atoms with Crippen molar-refractivity contribution in [3.63, 3.8) is 0 Å². The first-order valence-electron chi connectivity index (χ1n) is 9.30. The third kappa shape index (κ3) is 4.56. The molecule has 0 saturated carbocycles. The van der Waals surface area contributed by atoms with E-state index in [4.69, 9.17) is 5.73 Å². The maximum absolute atomic E-state index is 5.80. The van der Waals surface area contributed by atoms with Crippen molar-refractivity contribution in [3.8, 4) is 0 Å². The first kappa shape index (κ1) is 21.5. The molecule has 0 radical (unpaired) electrons. The highest BCUT2D eigenvalue weighted by atomic mass is 15.2. The van der Waals surface area contributed by atoms with E-state index in [2.05, 4.69) is 45.6 Å². The molecule has 2 N–H and O–H groups in total. The minimum absolute atomic E-state index is 0.281. The van der Waals surface area contributed by atoms with Gasteiger partial charge in [0.05, 0.1) is 24.5 Å². The Morgan fingerprint density at radius 1 is 1.00 bits per heavy atom. The van der Waals surface area contributed by atoms with Gasteiger partial charge in [-0.2, -0.15) is 4.98 Å². The Kier molecular flexibility index (Phi) is 8.16. The molecule has 0 fully saturated rings. The van der Waals surface area contributed by atoms with Gasteiger partial charge in [-0.05, 0) is 44.4 Å². The lowest BCUT2D eigenvalue weighted by Crippen LogP contribution is -2.29. The fourth-order valence-corrected chi connectivity index (χ4v) is 2.62. The third-order valence-electron chi connectivity index (χ3n) is 4.22. The summed E-state index contributed by atoms with van der Waals surface area (Å²) in [6.45, 7) is 17.6. The van der Waals surface area contributed by atoms with Gasteiger partial charge in [0.25, 0.3) is 0 Å². The fourth-order valence-electron chi connectivity index (χ4n) is 2.62. The molecule has 3 heterocycles. The van der Waals surface area contributed by atoms with E-state index in [1.54, 1.807) is 0 Å². The predicted molar refractivity (Wildman–Crippen MR) is 112 cm³/mol. The Morgan fingerprint density at radius 2 is 1.65 bits per heavy atom. The molecule has 0 aliphatic carbocycles. The number of aryl methyl sites for hydroxylation is 2. The predicted octanol–water partition coefficient (Wildman–Crippen LogP) is 4.46. The number of hydrogen-bond donors (Lipinski definition) is 1. The van der Waals surface area contributed by atoms with Crippen molar-refractivity contribution in [1.82, 2.24) is 15.0 Å². The first-order chi connectivity index (χ1) is 12.5. The van der Waals surface area contributed by atoms with Crippen LogP contribution in [-0.2, 0) is 6.54 Å². The average molecular weight is 357 g/mol. The summed E-state index contributed by atoms with van der Waals surface area (Å²) in [5.41, 5.74) is 12.2. The molecule has 1 aliphatic rings. The smallest absolute Gasteiger partial charge is 0.222 e. The van der Waals surface area contributed by atoms with Crippen molar-refractivity contribution in [2.24, 2.45) is 4.99 Å². The minimum atomic E-state index is 0.281. The summed E-state index contributed by atoms with van der Waals surface area (Å²) in [6, 6.07) is 0. The standard InChI is InChI=1S/C16H20N6.2C2H6/c1-9-7-19-13(11(3)10(9)2)8-22-6-5-18-14-12(4)20-16(17)21-15(14)22;2*1-2/h5,7H,6,8H2,1-4H3,(H2,17,20,21);2*1-2H3. The number of anilines is 2. The van der Waals surface area contributed by atoms with Crippen molar-refractivity contribution >= 4 is 23.7 Å². The maximum atomic E-state index is 5.80. The fraction of sp³-hybridized carbons (Fsp3) is 0.500. The van der Waals surface area contributed by atoms with Gasteiger partial charge in [0.15, 0.2) is 5.82 Å². The molecule has 0 atom stereocenters. The number of aliphatic imine (C=N–C) groups is 1. The molecule has 3 rings (SSSR count). The molecule has 0 saturated heterocycles. The number of aromatic nitrogens is 3. The summed E-state index contributed by atoms with van der Waals surface area (Å²) in [6.07, 6.45) is 3.81. The van der Waals surface area contributed by atoms with E-state index in [0.29, 0.717) is 13.1 Å². The summed E-state index contributed by atoms with van der Waals surface area (Å²) in [7, 11) is 0. The number of hydrogen-bond acceptors (Lipinski definition) is 6. The van der Waals surface area contributed by atoms with Crippen LogP contribution < -0.4 is 10.6 Å². The molecule has 2 aromatic rings. The van der Waals surface area contributed by atoms with E-state index < -0.39 is 0 Å². The van der Waals surface area contributed by atoms with Gasteiger partial charge < -0.3 is 10.6 Å². The Bertz CT molecular complexity index is 767. The summed E-state index contributed by atoms with van der Waals surface area (Å²) < 4.78 is 0. The highest BCUT2D eigenvalue weighted by Crippen LogP contribution is 2.33. The molecule has 26 heavy (non-hydrogen) atoms. The van der Waals surface area contributed by atoms with E-state index in [-0.39, 0.29) is 5.95 Å². The van der Waals surface area contributed by atoms with Gasteiger partial charge in [-0.3, -0.25) is 9.98 Å². The van der Waals surface area contributed by atoms with E-state index in [9.17, 15) is 0 Å². The third-order valence-corrected chi connectivity index (χ3v) is 4.22. The zero-order chi connectivity index (χ0) is 19.9. The lowest BCUT2D eigenvalue weighted by molar-refractivity contribution is 0.816. The zero-order valence-corrected chi connectivity index (χ0v) is 17.4. The Morgan fingerprint density at radius 3 is 2.31 bits per heavy atom. The number of nitrogens with zero attached hydrogens (tertiary/aromatic N) is 5. The van der Waals surface area contributed by atoms with E-state index in [0.717, 1.165) is 22.9 Å². The molecule has 6 nitrogen and oxygen atoms in total. The first-order valence-corrected chi connectivity index (χ1v) is 9.30. The van der Waals surface area contributed by atoms with Gasteiger partial charge in [-0.1, -0.05) is 27.7 Å². The summed E-state index contributed by atoms with van der Waals surface area (Å²) >= 11 is 0. The molecule has 0 amide bonds. The number of nitrogens with two attached hydrogens (primary N) is 1. The minimum Gasteiger partial charge on any atom is -0.368 e. The Balaban J connectivity index is 0.000000791. The highest BCUT2D eigenvalue weighted by molar-refractivity contribution is 5.81. The van der Waals surface area contributed by atoms with Crippen LogP contribution in [0.1, 0.15) is 55.8 Å². The quantitative estimate of drug-likeness (QED) is 0.859. The molecule has 1 aliphatic heterocycles. The molecular formula is C20H32N6. The second-order valence-corrected chi connectivity index (χ2v) is 5.67. The van der Waals surface area contributed by atoms with Gasteiger partial charge in [0.1, 0.15) is 5.69 Å². The SMILES string of the molecule is CC.CC.Cc1cnc(CN2CC=Nc3c(C)nc(N)nc32)c(C)c1C. The number of fused-ring (bicyclic) bond motifs is 1. The van der Waals surface area contributed by atoms with E-state index >= 15 is 0 Å². The molecule has 0 spiro atoms. The zero-order valence-electron chi connectivity index (χ0n) is 17.4. The topological polar surface area (TPSA) is 80.3 Å². The van der Waals surface area contributed by atoms with Crippen LogP contribution in [0.2, 0.25) is 0 Å². The second-order valence-electron chi connectivity index (χ2n) is 5.67. The molecule has 0 aromatic carbocycles. The van der Waals surface area contributed by atoms with Crippen molar-refractivity contribution in [2.45, 2.75) is 61.9 Å². The molecule has 0 bridgehead atoms. The number of nitrogen functional groups attached to an aromatic ring is 1. The molecule has 0 unspecified atom stereocenters. The van der Waals surface area contributed by atoms with Crippen LogP contribution in [0.3, 0.4) is 0 Å². The van der Waals surface area contributed by atoms with E-state index in [1.165, 1.54) is 16.7 Å². The maximum Gasteiger partial charge on any atom is 0.222 e. The largest absolute Gasteiger partial charge is 0.368 e. The highest BCUT2D eigenvalue weighted by Gasteiger charge is 2.21. The van der Waals surface area contributed by atoms with Crippen LogP contribution in [0.5, 0.6) is 0 Å². The van der Waals surface area contributed by atoms with Crippen LogP contribution in [0.15, 0.2) is 11.2 Å². The van der Waals surface area contributed by atoms with Crippen LogP contribution >= 0.6 is 0 Å². The lowest BCUT2D eigenvalue weighted by Gasteiger charge is -2.27. The number of pyridine rings is 1. The Hall–Kier alpha value is -2.50. The second kappa shape index (κ2) is 9.85. The average Bonchev–Trinajstić information content (AvgIpc) is 2.66. The molecule has 142 valence electrons. The monoisotopic (exact) mass is 356 g/mol. The van der Waals surface area contributed by atoms with E-state index in [1.807, 2.05) is 47.0 Å². The van der Waals surface area contributed by atoms with Gasteiger partial charge in [0, 0.05) is 12.4 Å². The summed E-state index contributed by atoms with van der Waals surface area (Å²) in [5, 5.41) is 0. The lowest BCUT2D eigenvalue weighted by atomic mass is 10.0. The van der Waals surface area contributed by atoms with Gasteiger partial charge in [0.2, 0.25) is 5.95 Å². The molecular weight excluding hydrogens is 324 g/mol. The normalized spacial score (nSPS) is 11.8. The Labute approximate surface area is 157 Å². The van der Waals surface area contributed by atoms with Crippen molar-refractivity contribution in [2.75, 3.05) is 17.2 Å². The molecule has 6 heteroatoms.